The van der Waals surface area contributed by atoms with Crippen LogP contribution in [-0.2, 0) is 4.52 Å². The van der Waals surface area contributed by atoms with E-state index in [9.17, 15) is 5.11 Å². The lowest BCUT2D eigenvalue weighted by molar-refractivity contribution is -0.0281. The second-order valence-corrected chi connectivity index (χ2v) is 8.74. The standard InChI is InChI=1S/C18H35O2P/c1-13(7-5-11-17(2,3)20-21)14-9-10-15-16(19)8-6-12-18(14,15)4/h13-16,19H,5-12,21H2,1-4H3/t13?,14-,15?,16?,18-/m1/s1. The van der Waals surface area contributed by atoms with Gasteiger partial charge in [-0.15, -0.1) is 0 Å². The molecule has 2 aliphatic rings. The number of hydrogen-bond acceptors (Lipinski definition) is 2. The highest BCUT2D eigenvalue weighted by atomic mass is 31.0. The summed E-state index contributed by atoms with van der Waals surface area (Å²) in [6.45, 7) is 9.22. The molecule has 0 bridgehead atoms. The summed E-state index contributed by atoms with van der Waals surface area (Å²) in [6, 6.07) is 0. The normalized spacial score (nSPS) is 38.3. The summed E-state index contributed by atoms with van der Waals surface area (Å²) in [4.78, 5) is 0. The Kier molecular flexibility index (Phi) is 5.77. The monoisotopic (exact) mass is 314 g/mol. The van der Waals surface area contributed by atoms with Crippen LogP contribution in [-0.4, -0.2) is 16.8 Å². The van der Waals surface area contributed by atoms with E-state index in [0.717, 1.165) is 24.7 Å². The average molecular weight is 314 g/mol. The smallest absolute Gasteiger partial charge is 0.0662 e. The number of rotatable bonds is 6. The Balaban J connectivity index is 1.89. The zero-order valence-corrected chi connectivity index (χ0v) is 15.6. The molecule has 0 aliphatic heterocycles. The highest BCUT2D eigenvalue weighted by molar-refractivity contribution is 7.09. The largest absolute Gasteiger partial charge is 0.393 e. The van der Waals surface area contributed by atoms with Gasteiger partial charge in [0, 0.05) is 9.47 Å². The fourth-order valence-electron chi connectivity index (χ4n) is 5.23. The number of aliphatic hydroxyl groups is 1. The molecule has 2 nitrogen and oxygen atoms in total. The van der Waals surface area contributed by atoms with Crippen LogP contribution in [0.1, 0.15) is 79.1 Å². The minimum absolute atomic E-state index is 0.0203. The molecule has 124 valence electrons. The van der Waals surface area contributed by atoms with Crippen LogP contribution in [0, 0.1) is 23.2 Å². The molecule has 0 aromatic rings. The third-order valence-electron chi connectivity index (χ3n) is 6.61. The van der Waals surface area contributed by atoms with Crippen molar-refractivity contribution in [1.82, 2.24) is 0 Å². The van der Waals surface area contributed by atoms with Gasteiger partial charge in [0.1, 0.15) is 0 Å². The summed E-state index contributed by atoms with van der Waals surface area (Å²) < 4.78 is 5.45. The summed E-state index contributed by atoms with van der Waals surface area (Å²) in [5, 5.41) is 10.3. The fraction of sp³-hybridized carbons (Fsp3) is 1.00. The minimum atomic E-state index is -0.0367. The van der Waals surface area contributed by atoms with E-state index in [1.165, 1.54) is 38.5 Å². The Morgan fingerprint density at radius 1 is 1.33 bits per heavy atom. The predicted octanol–water partition coefficient (Wildman–Crippen LogP) is 4.96. The highest BCUT2D eigenvalue weighted by Crippen LogP contribution is 2.58. The van der Waals surface area contributed by atoms with Gasteiger partial charge in [0.25, 0.3) is 0 Å². The average Bonchev–Trinajstić information content (AvgIpc) is 2.77. The van der Waals surface area contributed by atoms with Crippen LogP contribution in [0.15, 0.2) is 0 Å². The number of fused-ring (bicyclic) bond motifs is 1. The van der Waals surface area contributed by atoms with Crippen molar-refractivity contribution in [3.8, 4) is 0 Å². The number of aliphatic hydroxyl groups excluding tert-OH is 1. The van der Waals surface area contributed by atoms with Gasteiger partial charge in [-0.25, -0.2) is 0 Å². The van der Waals surface area contributed by atoms with Crippen LogP contribution in [0.4, 0.5) is 0 Å². The lowest BCUT2D eigenvalue weighted by Gasteiger charge is -2.45. The van der Waals surface area contributed by atoms with Crippen molar-refractivity contribution < 1.29 is 9.63 Å². The molecule has 0 aromatic heterocycles. The third kappa shape index (κ3) is 3.82. The van der Waals surface area contributed by atoms with Crippen LogP contribution in [0.25, 0.3) is 0 Å². The first kappa shape index (κ1) is 17.7. The minimum Gasteiger partial charge on any atom is -0.393 e. The van der Waals surface area contributed by atoms with Crippen molar-refractivity contribution in [3.63, 3.8) is 0 Å². The van der Waals surface area contributed by atoms with Gasteiger partial charge in [-0.2, -0.15) is 0 Å². The van der Waals surface area contributed by atoms with E-state index in [2.05, 4.69) is 37.2 Å². The Morgan fingerprint density at radius 2 is 2.05 bits per heavy atom. The molecule has 3 heteroatoms. The Morgan fingerprint density at radius 3 is 2.71 bits per heavy atom. The molecule has 1 N–H and O–H groups in total. The van der Waals surface area contributed by atoms with Crippen molar-refractivity contribution in [2.75, 3.05) is 0 Å². The maximum absolute atomic E-state index is 10.3. The van der Waals surface area contributed by atoms with E-state index >= 15 is 0 Å². The third-order valence-corrected chi connectivity index (χ3v) is 7.24. The molecule has 0 radical (unpaired) electrons. The van der Waals surface area contributed by atoms with Crippen LogP contribution < -0.4 is 0 Å². The first-order valence-electron chi connectivity index (χ1n) is 8.86. The fourth-order valence-corrected chi connectivity index (χ4v) is 5.35. The van der Waals surface area contributed by atoms with Crippen molar-refractivity contribution in [2.45, 2.75) is 90.8 Å². The van der Waals surface area contributed by atoms with Crippen LogP contribution in [0.3, 0.4) is 0 Å². The molecular weight excluding hydrogens is 279 g/mol. The van der Waals surface area contributed by atoms with Crippen LogP contribution in [0.2, 0.25) is 0 Å². The zero-order chi connectivity index (χ0) is 15.7. The van der Waals surface area contributed by atoms with Gasteiger partial charge in [-0.05, 0) is 69.1 Å². The lowest BCUT2D eigenvalue weighted by Crippen LogP contribution is -2.41. The van der Waals surface area contributed by atoms with Crippen LogP contribution in [0.5, 0.6) is 0 Å². The van der Waals surface area contributed by atoms with E-state index in [1.807, 2.05) is 0 Å². The Hall–Kier alpha value is 0.350. The van der Waals surface area contributed by atoms with Gasteiger partial charge in [-0.1, -0.05) is 33.1 Å². The molecule has 21 heavy (non-hydrogen) atoms. The van der Waals surface area contributed by atoms with Crippen LogP contribution >= 0.6 is 9.47 Å². The molecule has 0 saturated heterocycles. The molecule has 0 heterocycles. The molecule has 2 saturated carbocycles. The topological polar surface area (TPSA) is 29.5 Å². The molecule has 0 spiro atoms. The number of hydrogen-bond donors (Lipinski definition) is 1. The van der Waals surface area contributed by atoms with Gasteiger partial charge in [0.2, 0.25) is 0 Å². The SMILES string of the molecule is CC(CCCC(C)(C)OP)[C@H]1CCC2C(O)CCC[C@@]21C. The van der Waals surface area contributed by atoms with Gasteiger partial charge < -0.3 is 9.63 Å². The maximum Gasteiger partial charge on any atom is 0.0662 e. The first-order valence-corrected chi connectivity index (χ1v) is 9.33. The summed E-state index contributed by atoms with van der Waals surface area (Å²) in [5.74, 6) is 2.13. The van der Waals surface area contributed by atoms with E-state index < -0.39 is 0 Å². The molecular formula is C18H35O2P. The van der Waals surface area contributed by atoms with Crippen molar-refractivity contribution in [1.29, 1.82) is 0 Å². The molecule has 2 rings (SSSR count). The Bertz CT molecular complexity index is 344. The van der Waals surface area contributed by atoms with Gasteiger partial charge in [-0.3, -0.25) is 0 Å². The lowest BCUT2D eigenvalue weighted by atomic mass is 9.61. The van der Waals surface area contributed by atoms with Gasteiger partial charge in [0.05, 0.1) is 11.7 Å². The van der Waals surface area contributed by atoms with Gasteiger partial charge >= 0.3 is 0 Å². The second-order valence-electron chi connectivity index (χ2n) is 8.50. The summed E-state index contributed by atoms with van der Waals surface area (Å²) >= 11 is 0. The van der Waals surface area contributed by atoms with Crippen molar-refractivity contribution >= 4 is 9.47 Å². The van der Waals surface area contributed by atoms with E-state index in [4.69, 9.17) is 4.52 Å². The zero-order valence-electron chi connectivity index (χ0n) is 14.4. The highest BCUT2D eigenvalue weighted by Gasteiger charge is 2.51. The summed E-state index contributed by atoms with van der Waals surface area (Å²) in [5.41, 5.74) is 0.372. The molecule has 4 unspecified atom stereocenters. The second kappa shape index (κ2) is 6.85. The Labute approximate surface area is 133 Å². The predicted molar refractivity (Wildman–Crippen MR) is 92.1 cm³/mol. The molecule has 2 fully saturated rings. The summed E-state index contributed by atoms with van der Waals surface area (Å²) in [6.07, 6.45) is 9.75. The first-order chi connectivity index (χ1) is 9.80. The van der Waals surface area contributed by atoms with Crippen molar-refractivity contribution in [2.24, 2.45) is 23.2 Å². The van der Waals surface area contributed by atoms with E-state index in [0.29, 0.717) is 11.3 Å². The summed E-state index contributed by atoms with van der Waals surface area (Å²) in [7, 11) is 2.40. The van der Waals surface area contributed by atoms with E-state index in [1.54, 1.807) is 0 Å². The molecule has 0 aromatic carbocycles. The maximum atomic E-state index is 10.3. The molecule has 2 aliphatic carbocycles. The van der Waals surface area contributed by atoms with E-state index in [-0.39, 0.29) is 11.7 Å². The van der Waals surface area contributed by atoms with Crippen molar-refractivity contribution in [3.05, 3.63) is 0 Å². The van der Waals surface area contributed by atoms with Gasteiger partial charge in [0.15, 0.2) is 0 Å². The molecule has 6 atom stereocenters. The molecule has 0 amide bonds. The quantitative estimate of drug-likeness (QED) is 0.702.